The fraction of sp³-hybridized carbons (Fsp3) is 0.500. The Hall–Kier alpha value is -2.70. The number of hydrogen-bond acceptors (Lipinski definition) is 6. The number of anilines is 2. The van der Waals surface area contributed by atoms with Crippen molar-refractivity contribution in [1.82, 2.24) is 9.80 Å². The monoisotopic (exact) mass is 462 g/mol. The van der Waals surface area contributed by atoms with E-state index in [9.17, 15) is 0 Å². The van der Waals surface area contributed by atoms with Gasteiger partial charge in [-0.25, -0.2) is 0 Å². The molecule has 6 nitrogen and oxygen atoms in total. The first-order chi connectivity index (χ1) is 16.5. The van der Waals surface area contributed by atoms with Gasteiger partial charge in [0.15, 0.2) is 0 Å². The van der Waals surface area contributed by atoms with E-state index in [-0.39, 0.29) is 0 Å². The number of rotatable bonds is 12. The number of benzene rings is 2. The minimum atomic E-state index is 0.894. The van der Waals surface area contributed by atoms with Crippen molar-refractivity contribution in [2.45, 2.75) is 12.8 Å². The van der Waals surface area contributed by atoms with E-state index in [2.05, 4.69) is 106 Å². The summed E-state index contributed by atoms with van der Waals surface area (Å²) in [6.45, 7) is 8.73. The predicted molar refractivity (Wildman–Crippen MR) is 149 cm³/mol. The Bertz CT molecular complexity index is 803. The molecule has 0 amide bonds. The lowest BCUT2D eigenvalue weighted by Gasteiger charge is -2.34. The maximum atomic E-state index is 4.62. The van der Waals surface area contributed by atoms with E-state index in [1.54, 1.807) is 0 Å². The fourth-order valence-corrected chi connectivity index (χ4v) is 4.06. The summed E-state index contributed by atoms with van der Waals surface area (Å²) < 4.78 is 0. The van der Waals surface area contributed by atoms with Gasteiger partial charge in [0.1, 0.15) is 0 Å². The van der Waals surface area contributed by atoms with Crippen LogP contribution in [0.3, 0.4) is 0 Å². The molecule has 0 saturated carbocycles. The van der Waals surface area contributed by atoms with Gasteiger partial charge in [-0.3, -0.25) is 9.98 Å². The molecule has 2 aromatic rings. The molecule has 2 aromatic carbocycles. The highest BCUT2D eigenvalue weighted by Crippen LogP contribution is 2.12. The maximum absolute atomic E-state index is 4.62. The van der Waals surface area contributed by atoms with Gasteiger partial charge in [-0.1, -0.05) is 24.3 Å². The third-order valence-electron chi connectivity index (χ3n) is 6.29. The van der Waals surface area contributed by atoms with Crippen molar-refractivity contribution >= 4 is 23.8 Å². The minimum absolute atomic E-state index is 0.894. The van der Waals surface area contributed by atoms with Gasteiger partial charge in [0.05, 0.1) is 0 Å². The van der Waals surface area contributed by atoms with Gasteiger partial charge in [-0.15, -0.1) is 0 Å². The van der Waals surface area contributed by atoms with Crippen LogP contribution < -0.4 is 9.80 Å². The van der Waals surface area contributed by atoms with Crippen molar-refractivity contribution in [2.24, 2.45) is 9.98 Å². The molecule has 0 atom stereocenters. The minimum Gasteiger partial charge on any atom is -0.378 e. The van der Waals surface area contributed by atoms with Crippen LogP contribution in [0.1, 0.15) is 24.0 Å². The molecular formula is C28H42N6. The maximum Gasteiger partial charge on any atom is 0.0401 e. The lowest BCUT2D eigenvalue weighted by Crippen LogP contribution is -2.46. The smallest absolute Gasteiger partial charge is 0.0401 e. The third-order valence-corrected chi connectivity index (χ3v) is 6.29. The predicted octanol–water partition coefficient (Wildman–Crippen LogP) is 3.75. The zero-order valence-corrected chi connectivity index (χ0v) is 21.5. The molecular weight excluding hydrogens is 420 g/mol. The van der Waals surface area contributed by atoms with Gasteiger partial charge in [-0.05, 0) is 61.3 Å². The van der Waals surface area contributed by atoms with Crippen molar-refractivity contribution in [3.63, 3.8) is 0 Å². The molecule has 1 fully saturated rings. The zero-order chi connectivity index (χ0) is 24.2. The molecule has 0 spiro atoms. The van der Waals surface area contributed by atoms with E-state index < -0.39 is 0 Å². The topological polar surface area (TPSA) is 37.7 Å². The largest absolute Gasteiger partial charge is 0.378 e. The normalized spacial score (nSPS) is 15.4. The molecule has 1 saturated heterocycles. The standard InChI is InChI=1S/C28H42N6/c1-31(2)27-11-7-25(8-12-27)23-29-15-5-17-33-19-21-34(22-20-33)18-6-16-30-24-26-9-13-28(14-10-26)32(3)4/h7-14,23-24H,5-6,15-22H2,1-4H3. The van der Waals surface area contributed by atoms with Gasteiger partial charge in [0.25, 0.3) is 0 Å². The highest BCUT2D eigenvalue weighted by atomic mass is 15.3. The van der Waals surface area contributed by atoms with Crippen molar-refractivity contribution < 1.29 is 0 Å². The Labute approximate surface area is 206 Å². The number of nitrogens with zero attached hydrogens (tertiary/aromatic N) is 6. The van der Waals surface area contributed by atoms with Crippen LogP contribution in [-0.2, 0) is 0 Å². The highest BCUT2D eigenvalue weighted by Gasteiger charge is 2.15. The lowest BCUT2D eigenvalue weighted by molar-refractivity contribution is 0.131. The van der Waals surface area contributed by atoms with Gasteiger partial charge in [0, 0.05) is 91.3 Å². The SMILES string of the molecule is CN(C)c1ccc(C=NCCCN2CCN(CCCN=Cc3ccc(N(C)C)cc3)CC2)cc1. The van der Waals surface area contributed by atoms with Gasteiger partial charge < -0.3 is 19.6 Å². The summed E-state index contributed by atoms with van der Waals surface area (Å²) in [5, 5.41) is 0. The molecule has 0 N–H and O–H groups in total. The Kier molecular flexibility index (Phi) is 10.6. The van der Waals surface area contributed by atoms with Gasteiger partial charge in [0.2, 0.25) is 0 Å². The average molecular weight is 463 g/mol. The molecule has 6 heteroatoms. The van der Waals surface area contributed by atoms with Crippen LogP contribution in [0.25, 0.3) is 0 Å². The van der Waals surface area contributed by atoms with Gasteiger partial charge >= 0.3 is 0 Å². The summed E-state index contributed by atoms with van der Waals surface area (Å²) in [7, 11) is 8.24. The third kappa shape index (κ3) is 8.92. The molecule has 1 aliphatic rings. The highest BCUT2D eigenvalue weighted by molar-refractivity contribution is 5.80. The first-order valence-electron chi connectivity index (χ1n) is 12.5. The average Bonchev–Trinajstić information content (AvgIpc) is 2.85. The number of piperazine rings is 1. The summed E-state index contributed by atoms with van der Waals surface area (Å²) in [6, 6.07) is 17.1. The van der Waals surface area contributed by atoms with Crippen LogP contribution in [-0.4, -0.2) is 103 Å². The Morgan fingerprint density at radius 1 is 0.618 bits per heavy atom. The van der Waals surface area contributed by atoms with Crippen molar-refractivity contribution in [3.05, 3.63) is 59.7 Å². The second-order valence-electron chi connectivity index (χ2n) is 9.43. The molecule has 3 rings (SSSR count). The Balaban J connectivity index is 1.23. The zero-order valence-electron chi connectivity index (χ0n) is 21.5. The second-order valence-corrected chi connectivity index (χ2v) is 9.43. The first kappa shape index (κ1) is 25.9. The van der Waals surface area contributed by atoms with Crippen molar-refractivity contribution in [3.8, 4) is 0 Å². The van der Waals surface area contributed by atoms with Crippen molar-refractivity contribution in [2.75, 3.05) is 90.3 Å². The summed E-state index contributed by atoms with van der Waals surface area (Å²) in [4.78, 5) is 18.6. The van der Waals surface area contributed by atoms with Crippen LogP contribution in [0.2, 0.25) is 0 Å². The van der Waals surface area contributed by atoms with E-state index in [1.165, 1.54) is 22.5 Å². The molecule has 34 heavy (non-hydrogen) atoms. The molecule has 0 aliphatic carbocycles. The molecule has 0 radical (unpaired) electrons. The van der Waals surface area contributed by atoms with E-state index in [4.69, 9.17) is 0 Å². The lowest BCUT2D eigenvalue weighted by atomic mass is 10.2. The van der Waals surface area contributed by atoms with Crippen LogP contribution in [0.4, 0.5) is 11.4 Å². The summed E-state index contributed by atoms with van der Waals surface area (Å²) in [5.74, 6) is 0. The molecule has 0 bridgehead atoms. The van der Waals surface area contributed by atoms with Crippen LogP contribution >= 0.6 is 0 Å². The fourth-order valence-electron chi connectivity index (χ4n) is 4.06. The summed E-state index contributed by atoms with van der Waals surface area (Å²) in [5.41, 5.74) is 4.78. The first-order valence-corrected chi connectivity index (χ1v) is 12.5. The number of aliphatic imine (C=N–C) groups is 2. The van der Waals surface area contributed by atoms with Crippen LogP contribution in [0.5, 0.6) is 0 Å². The van der Waals surface area contributed by atoms with E-state index >= 15 is 0 Å². The Morgan fingerprint density at radius 2 is 0.971 bits per heavy atom. The quantitative estimate of drug-likeness (QED) is 0.356. The molecule has 0 unspecified atom stereocenters. The molecule has 1 aliphatic heterocycles. The Morgan fingerprint density at radius 3 is 1.29 bits per heavy atom. The van der Waals surface area contributed by atoms with Crippen LogP contribution in [0, 0.1) is 0 Å². The summed E-state index contributed by atoms with van der Waals surface area (Å²) in [6.07, 6.45) is 6.24. The van der Waals surface area contributed by atoms with E-state index in [0.717, 1.165) is 65.2 Å². The van der Waals surface area contributed by atoms with E-state index in [1.807, 2.05) is 12.4 Å². The molecule has 0 aromatic heterocycles. The summed E-state index contributed by atoms with van der Waals surface area (Å²) >= 11 is 0. The molecule has 184 valence electrons. The number of hydrogen-bond donors (Lipinski definition) is 0. The van der Waals surface area contributed by atoms with Crippen molar-refractivity contribution in [1.29, 1.82) is 0 Å². The molecule has 1 heterocycles. The van der Waals surface area contributed by atoms with Gasteiger partial charge in [-0.2, -0.15) is 0 Å². The van der Waals surface area contributed by atoms with Crippen LogP contribution in [0.15, 0.2) is 58.5 Å². The van der Waals surface area contributed by atoms with E-state index in [0.29, 0.717) is 0 Å². The second kappa shape index (κ2) is 13.9.